The van der Waals surface area contributed by atoms with Crippen molar-refractivity contribution in [2.24, 2.45) is 5.41 Å². The van der Waals surface area contributed by atoms with Gasteiger partial charge in [0.1, 0.15) is 5.75 Å². The average molecular weight is 351 g/mol. The van der Waals surface area contributed by atoms with Gasteiger partial charge in [-0.2, -0.15) is 0 Å². The molecular formula is C13H17BrClNO3. The molecule has 0 aliphatic heterocycles. The van der Waals surface area contributed by atoms with Gasteiger partial charge in [-0.1, -0.05) is 25.4 Å². The van der Waals surface area contributed by atoms with Gasteiger partial charge in [0.2, 0.25) is 0 Å². The van der Waals surface area contributed by atoms with Crippen molar-refractivity contribution in [3.63, 3.8) is 0 Å². The molecule has 0 fully saturated rings. The lowest BCUT2D eigenvalue weighted by atomic mass is 9.95. The maximum absolute atomic E-state index is 11.6. The number of benzene rings is 1. The zero-order valence-corrected chi connectivity index (χ0v) is 13.2. The van der Waals surface area contributed by atoms with E-state index in [9.17, 15) is 4.79 Å². The van der Waals surface area contributed by atoms with Crippen molar-refractivity contribution >= 4 is 33.4 Å². The Morgan fingerprint density at radius 3 is 2.79 bits per heavy atom. The fourth-order valence-electron chi connectivity index (χ4n) is 1.18. The first-order valence-corrected chi connectivity index (χ1v) is 6.96. The number of nitrogens with one attached hydrogen (secondary N) is 1. The number of carbonyl (C=O) groups is 1. The largest absolute Gasteiger partial charge is 0.483 e. The monoisotopic (exact) mass is 349 g/mol. The number of hydrogen-bond donors (Lipinski definition) is 2. The highest BCUT2D eigenvalue weighted by molar-refractivity contribution is 9.10. The van der Waals surface area contributed by atoms with Crippen molar-refractivity contribution in [1.29, 1.82) is 0 Å². The van der Waals surface area contributed by atoms with E-state index >= 15 is 0 Å². The smallest absolute Gasteiger partial charge is 0.257 e. The third-order valence-electron chi connectivity index (χ3n) is 2.44. The summed E-state index contributed by atoms with van der Waals surface area (Å²) in [6.45, 7) is 4.06. The first-order chi connectivity index (χ1) is 8.84. The fraction of sp³-hybridized carbons (Fsp3) is 0.462. The number of halogens is 2. The third kappa shape index (κ3) is 5.80. The quantitative estimate of drug-likeness (QED) is 0.829. The summed E-state index contributed by atoms with van der Waals surface area (Å²) >= 11 is 9.11. The van der Waals surface area contributed by atoms with Crippen LogP contribution < -0.4 is 10.1 Å². The number of rotatable bonds is 6. The molecule has 0 spiro atoms. The van der Waals surface area contributed by atoms with Crippen LogP contribution >= 0.6 is 27.5 Å². The molecule has 1 rings (SSSR count). The zero-order chi connectivity index (χ0) is 14.5. The SMILES string of the molecule is CC(C)(CO)CNC(=O)COc1ccc(Cl)cc1Br. The van der Waals surface area contributed by atoms with E-state index in [0.29, 0.717) is 21.8 Å². The predicted octanol–water partition coefficient (Wildman–Crippen LogP) is 2.62. The molecule has 106 valence electrons. The van der Waals surface area contributed by atoms with Gasteiger partial charge in [0.25, 0.3) is 5.91 Å². The van der Waals surface area contributed by atoms with Gasteiger partial charge in [-0.05, 0) is 34.1 Å². The molecule has 0 saturated heterocycles. The van der Waals surface area contributed by atoms with Crippen LogP contribution in [0.1, 0.15) is 13.8 Å². The lowest BCUT2D eigenvalue weighted by Gasteiger charge is -2.21. The van der Waals surface area contributed by atoms with Crippen molar-refractivity contribution in [3.05, 3.63) is 27.7 Å². The van der Waals surface area contributed by atoms with Crippen LogP contribution in [-0.4, -0.2) is 30.8 Å². The van der Waals surface area contributed by atoms with Crippen LogP contribution in [0.5, 0.6) is 5.75 Å². The molecule has 0 saturated carbocycles. The summed E-state index contributed by atoms with van der Waals surface area (Å²) in [5.41, 5.74) is -0.337. The summed E-state index contributed by atoms with van der Waals surface area (Å²) < 4.78 is 6.07. The van der Waals surface area contributed by atoms with Crippen molar-refractivity contribution in [1.82, 2.24) is 5.32 Å². The Morgan fingerprint density at radius 2 is 2.21 bits per heavy atom. The second-order valence-corrected chi connectivity index (χ2v) is 6.25. The highest BCUT2D eigenvalue weighted by Gasteiger charge is 2.17. The minimum Gasteiger partial charge on any atom is -0.483 e. The first kappa shape index (κ1) is 16.3. The van der Waals surface area contributed by atoms with Crippen molar-refractivity contribution in [2.75, 3.05) is 19.8 Å². The second kappa shape index (κ2) is 7.12. The number of aliphatic hydroxyl groups is 1. The molecule has 1 amide bonds. The zero-order valence-electron chi connectivity index (χ0n) is 10.9. The summed E-state index contributed by atoms with van der Waals surface area (Å²) in [6, 6.07) is 5.08. The van der Waals surface area contributed by atoms with E-state index in [1.807, 2.05) is 13.8 Å². The molecule has 6 heteroatoms. The molecule has 0 unspecified atom stereocenters. The maximum atomic E-state index is 11.6. The minimum atomic E-state index is -0.337. The second-order valence-electron chi connectivity index (χ2n) is 4.96. The van der Waals surface area contributed by atoms with E-state index in [2.05, 4.69) is 21.2 Å². The fourth-order valence-corrected chi connectivity index (χ4v) is 1.98. The van der Waals surface area contributed by atoms with E-state index in [0.717, 1.165) is 0 Å². The van der Waals surface area contributed by atoms with Crippen LogP contribution in [0.15, 0.2) is 22.7 Å². The molecule has 0 aliphatic rings. The molecule has 0 bridgehead atoms. The van der Waals surface area contributed by atoms with E-state index in [1.165, 1.54) is 0 Å². The Bertz CT molecular complexity index is 452. The molecule has 4 nitrogen and oxygen atoms in total. The standard InChI is InChI=1S/C13H17BrClNO3/c1-13(2,8-17)7-16-12(18)6-19-11-4-3-9(15)5-10(11)14/h3-5,17H,6-8H2,1-2H3,(H,16,18). The van der Waals surface area contributed by atoms with E-state index in [1.54, 1.807) is 18.2 Å². The summed E-state index contributed by atoms with van der Waals surface area (Å²) in [5.74, 6) is 0.323. The van der Waals surface area contributed by atoms with Gasteiger partial charge in [0.05, 0.1) is 4.47 Å². The molecule has 0 radical (unpaired) electrons. The molecular weight excluding hydrogens is 334 g/mol. The lowest BCUT2D eigenvalue weighted by molar-refractivity contribution is -0.123. The molecule has 19 heavy (non-hydrogen) atoms. The Labute approximate surface area is 126 Å². The third-order valence-corrected chi connectivity index (χ3v) is 3.30. The van der Waals surface area contributed by atoms with Crippen molar-refractivity contribution in [2.45, 2.75) is 13.8 Å². The molecule has 0 atom stereocenters. The Balaban J connectivity index is 2.42. The van der Waals surface area contributed by atoms with Crippen LogP contribution in [-0.2, 0) is 4.79 Å². The number of ether oxygens (including phenoxy) is 1. The minimum absolute atomic E-state index is 0.0108. The summed E-state index contributed by atoms with van der Waals surface area (Å²) in [7, 11) is 0. The number of carbonyl (C=O) groups excluding carboxylic acids is 1. The van der Waals surface area contributed by atoms with Crippen LogP contribution in [0.3, 0.4) is 0 Å². The normalized spacial score (nSPS) is 11.2. The number of amides is 1. The molecule has 0 heterocycles. The Hall–Kier alpha value is -0.780. The highest BCUT2D eigenvalue weighted by Crippen LogP contribution is 2.27. The van der Waals surface area contributed by atoms with Gasteiger partial charge < -0.3 is 15.2 Å². The summed E-state index contributed by atoms with van der Waals surface area (Å²) in [5, 5.41) is 12.4. The van der Waals surface area contributed by atoms with Gasteiger partial charge in [-0.15, -0.1) is 0 Å². The average Bonchev–Trinajstić information content (AvgIpc) is 2.35. The van der Waals surface area contributed by atoms with Crippen LogP contribution in [0.2, 0.25) is 5.02 Å². The topological polar surface area (TPSA) is 58.6 Å². The first-order valence-electron chi connectivity index (χ1n) is 5.79. The summed E-state index contributed by atoms with van der Waals surface area (Å²) in [4.78, 5) is 11.6. The van der Waals surface area contributed by atoms with E-state index in [-0.39, 0.29) is 24.5 Å². The summed E-state index contributed by atoms with van der Waals surface area (Å²) in [6.07, 6.45) is 0. The van der Waals surface area contributed by atoms with Gasteiger partial charge >= 0.3 is 0 Å². The molecule has 1 aromatic rings. The molecule has 2 N–H and O–H groups in total. The van der Waals surface area contributed by atoms with Gasteiger partial charge in [0.15, 0.2) is 6.61 Å². The number of aliphatic hydroxyl groups excluding tert-OH is 1. The van der Waals surface area contributed by atoms with Crippen molar-refractivity contribution in [3.8, 4) is 5.75 Å². The van der Waals surface area contributed by atoms with E-state index in [4.69, 9.17) is 21.4 Å². The van der Waals surface area contributed by atoms with E-state index < -0.39 is 0 Å². The molecule has 0 aliphatic carbocycles. The van der Waals surface area contributed by atoms with Crippen LogP contribution in [0, 0.1) is 5.41 Å². The van der Waals surface area contributed by atoms with Gasteiger partial charge in [0, 0.05) is 23.6 Å². The maximum Gasteiger partial charge on any atom is 0.257 e. The predicted molar refractivity (Wildman–Crippen MR) is 78.5 cm³/mol. The lowest BCUT2D eigenvalue weighted by Crippen LogP contribution is -2.38. The molecule has 1 aromatic carbocycles. The van der Waals surface area contributed by atoms with Crippen molar-refractivity contribution < 1.29 is 14.6 Å². The molecule has 0 aromatic heterocycles. The van der Waals surface area contributed by atoms with Crippen LogP contribution in [0.25, 0.3) is 0 Å². The van der Waals surface area contributed by atoms with Crippen LogP contribution in [0.4, 0.5) is 0 Å². The Morgan fingerprint density at radius 1 is 1.53 bits per heavy atom. The van der Waals surface area contributed by atoms with Gasteiger partial charge in [-0.3, -0.25) is 4.79 Å². The highest BCUT2D eigenvalue weighted by atomic mass is 79.9. The number of hydrogen-bond acceptors (Lipinski definition) is 3. The van der Waals surface area contributed by atoms with Gasteiger partial charge in [-0.25, -0.2) is 0 Å². The Kier molecular flexibility index (Phi) is 6.10.